The van der Waals surface area contributed by atoms with Gasteiger partial charge in [-0.05, 0) is 74.0 Å². The Morgan fingerprint density at radius 2 is 1.81 bits per heavy atom. The smallest absolute Gasteiger partial charge is 0.0922 e. The van der Waals surface area contributed by atoms with Gasteiger partial charge < -0.3 is 9.69 Å². The summed E-state index contributed by atoms with van der Waals surface area (Å²) in [6.45, 7) is 7.16. The molecule has 0 aromatic heterocycles. The van der Waals surface area contributed by atoms with Crippen molar-refractivity contribution in [3.8, 4) is 0 Å². The molecule has 7 atom stereocenters. The highest BCUT2D eigenvalue weighted by molar-refractivity contribution is 5.85. The lowest BCUT2D eigenvalue weighted by Crippen LogP contribution is -2.54. The highest BCUT2D eigenvalue weighted by Gasteiger charge is 2.59. The molecule has 0 bridgehead atoms. The van der Waals surface area contributed by atoms with Gasteiger partial charge in [0, 0.05) is 18.8 Å². The first-order valence-electron chi connectivity index (χ1n) is 11.3. The van der Waals surface area contributed by atoms with Gasteiger partial charge in [0.15, 0.2) is 0 Å². The maximum Gasteiger partial charge on any atom is 0.0922 e. The van der Waals surface area contributed by atoms with Crippen molar-refractivity contribution < 1.29 is 9.69 Å². The summed E-state index contributed by atoms with van der Waals surface area (Å²) < 4.78 is 1.10. The molecule has 0 amide bonds. The molecule has 3 fully saturated rings. The van der Waals surface area contributed by atoms with Crippen LogP contribution in [-0.4, -0.2) is 42.6 Å². The third-order valence-corrected chi connectivity index (χ3v) is 9.84. The number of quaternary nitrogens is 1. The zero-order valence-corrected chi connectivity index (χ0v) is 18.5. The van der Waals surface area contributed by atoms with Crippen LogP contribution in [0, 0.1) is 34.5 Å². The minimum absolute atomic E-state index is 0.346. The van der Waals surface area contributed by atoms with E-state index in [0.29, 0.717) is 16.7 Å². The van der Waals surface area contributed by atoms with Crippen molar-refractivity contribution in [2.45, 2.75) is 78.2 Å². The van der Waals surface area contributed by atoms with Gasteiger partial charge in [0.25, 0.3) is 0 Å². The second-order valence-corrected chi connectivity index (χ2v) is 11.7. The molecule has 0 aromatic rings. The van der Waals surface area contributed by atoms with Gasteiger partial charge in [-0.25, -0.2) is 0 Å². The Labute approximate surface area is 166 Å². The van der Waals surface area contributed by atoms with E-state index in [1.165, 1.54) is 51.4 Å². The second kappa shape index (κ2) is 6.34. The average Bonchev–Trinajstić information content (AvgIpc) is 2.96. The van der Waals surface area contributed by atoms with Crippen molar-refractivity contribution in [2.75, 3.05) is 21.1 Å². The Balaban J connectivity index is 1.61. The summed E-state index contributed by atoms with van der Waals surface area (Å²) >= 11 is 0. The Kier molecular flexibility index (Phi) is 4.57. The lowest BCUT2D eigenvalue weighted by molar-refractivity contribution is -0.897. The standard InChI is InChI=1S/C24H40N2O/c1-16(25-27)20-9-10-21-19-8-7-17-15-18(26(4,5)6)11-13-23(17,2)22(19)12-14-24(20,21)3/h7,18-22H,8-15H2,1-6H3/p+1/t18-,19-,20+,21-,22-,23+,24-/m1/s1. The largest absolute Gasteiger partial charge is 0.411 e. The quantitative estimate of drug-likeness (QED) is 0.224. The zero-order chi connectivity index (χ0) is 19.6. The fourth-order valence-electron chi connectivity index (χ4n) is 8.06. The summed E-state index contributed by atoms with van der Waals surface area (Å²) in [5.41, 5.74) is 3.55. The molecule has 1 N–H and O–H groups in total. The van der Waals surface area contributed by atoms with E-state index in [9.17, 15) is 5.21 Å². The predicted octanol–water partition coefficient (Wildman–Crippen LogP) is 5.49. The van der Waals surface area contributed by atoms with Crippen LogP contribution in [0.4, 0.5) is 0 Å². The normalized spacial score (nSPS) is 47.7. The topological polar surface area (TPSA) is 32.6 Å². The van der Waals surface area contributed by atoms with Gasteiger partial charge in [-0.3, -0.25) is 0 Å². The molecule has 0 aliphatic heterocycles. The van der Waals surface area contributed by atoms with Crippen LogP contribution in [0.3, 0.4) is 0 Å². The van der Waals surface area contributed by atoms with E-state index in [1.54, 1.807) is 5.57 Å². The van der Waals surface area contributed by atoms with E-state index < -0.39 is 0 Å². The van der Waals surface area contributed by atoms with Crippen LogP contribution in [0.5, 0.6) is 0 Å². The molecule has 0 radical (unpaired) electrons. The minimum atomic E-state index is 0.346. The van der Waals surface area contributed by atoms with Crippen LogP contribution in [0.15, 0.2) is 16.8 Å². The van der Waals surface area contributed by atoms with Crippen LogP contribution >= 0.6 is 0 Å². The van der Waals surface area contributed by atoms with Crippen LogP contribution in [-0.2, 0) is 0 Å². The first-order chi connectivity index (χ1) is 12.6. The van der Waals surface area contributed by atoms with Crippen molar-refractivity contribution in [3.05, 3.63) is 11.6 Å². The maximum atomic E-state index is 9.40. The van der Waals surface area contributed by atoms with Gasteiger partial charge in [0.1, 0.15) is 0 Å². The number of allylic oxidation sites excluding steroid dienone is 1. The monoisotopic (exact) mass is 373 g/mol. The summed E-state index contributed by atoms with van der Waals surface area (Å²) in [6.07, 6.45) is 13.3. The average molecular weight is 374 g/mol. The minimum Gasteiger partial charge on any atom is -0.411 e. The van der Waals surface area contributed by atoms with Crippen LogP contribution < -0.4 is 0 Å². The summed E-state index contributed by atoms with van der Waals surface area (Å²) in [5.74, 6) is 3.01. The molecule has 0 saturated heterocycles. The lowest BCUT2D eigenvalue weighted by Gasteiger charge is -2.58. The van der Waals surface area contributed by atoms with Gasteiger partial charge in [0.05, 0.1) is 32.9 Å². The van der Waals surface area contributed by atoms with E-state index in [2.05, 4.69) is 46.2 Å². The maximum absolute atomic E-state index is 9.40. The molecule has 4 rings (SSSR count). The van der Waals surface area contributed by atoms with Gasteiger partial charge in [-0.2, -0.15) is 0 Å². The number of hydrogen-bond donors (Lipinski definition) is 1. The molecule has 3 saturated carbocycles. The third-order valence-electron chi connectivity index (χ3n) is 9.84. The van der Waals surface area contributed by atoms with Crippen molar-refractivity contribution in [1.29, 1.82) is 0 Å². The molecule has 3 nitrogen and oxygen atoms in total. The van der Waals surface area contributed by atoms with Crippen molar-refractivity contribution in [1.82, 2.24) is 0 Å². The van der Waals surface area contributed by atoms with Gasteiger partial charge in [-0.1, -0.05) is 30.7 Å². The molecular formula is C24H41N2O+. The lowest BCUT2D eigenvalue weighted by atomic mass is 9.47. The number of fused-ring (bicyclic) bond motifs is 5. The van der Waals surface area contributed by atoms with E-state index in [0.717, 1.165) is 34.0 Å². The number of hydrogen-bond acceptors (Lipinski definition) is 2. The third kappa shape index (κ3) is 2.82. The van der Waals surface area contributed by atoms with E-state index in [-0.39, 0.29) is 0 Å². The highest BCUT2D eigenvalue weighted by atomic mass is 16.4. The summed E-state index contributed by atoms with van der Waals surface area (Å²) in [5, 5.41) is 13.0. The fraction of sp³-hybridized carbons (Fsp3) is 0.875. The van der Waals surface area contributed by atoms with Gasteiger partial charge in [-0.15, -0.1) is 0 Å². The first kappa shape index (κ1) is 19.5. The molecule has 152 valence electrons. The summed E-state index contributed by atoms with van der Waals surface area (Å²) in [6, 6.07) is 0.786. The Morgan fingerprint density at radius 3 is 2.48 bits per heavy atom. The molecule has 4 aliphatic rings. The molecule has 0 spiro atoms. The van der Waals surface area contributed by atoms with Crippen molar-refractivity contribution >= 4 is 5.71 Å². The molecular weight excluding hydrogens is 332 g/mol. The molecule has 0 aromatic carbocycles. The first-order valence-corrected chi connectivity index (χ1v) is 11.3. The Bertz CT molecular complexity index is 660. The molecule has 0 heterocycles. The van der Waals surface area contributed by atoms with Crippen LogP contribution in [0.25, 0.3) is 0 Å². The molecule has 4 aliphatic carbocycles. The second-order valence-electron chi connectivity index (χ2n) is 11.7. The SMILES string of the molecule is CC(=NO)[C@@H]1CC[C@@H]2[C@H]3CC=C4C[C@H]([N+](C)(C)C)CC[C@]4(C)[C@@H]3CC[C@@]21C. The fourth-order valence-corrected chi connectivity index (χ4v) is 8.06. The van der Waals surface area contributed by atoms with E-state index in [4.69, 9.17) is 0 Å². The van der Waals surface area contributed by atoms with Crippen molar-refractivity contribution in [2.24, 2.45) is 39.7 Å². The van der Waals surface area contributed by atoms with E-state index >= 15 is 0 Å². The van der Waals surface area contributed by atoms with Crippen LogP contribution in [0.1, 0.15) is 72.1 Å². The number of rotatable bonds is 2. The molecule has 3 heteroatoms. The van der Waals surface area contributed by atoms with Crippen molar-refractivity contribution in [3.63, 3.8) is 0 Å². The molecule has 0 unspecified atom stereocenters. The highest BCUT2D eigenvalue weighted by Crippen LogP contribution is 2.66. The molecule has 27 heavy (non-hydrogen) atoms. The zero-order valence-electron chi connectivity index (χ0n) is 18.5. The number of oxime groups is 1. The summed E-state index contributed by atoms with van der Waals surface area (Å²) in [7, 11) is 7.11. The predicted molar refractivity (Wildman–Crippen MR) is 112 cm³/mol. The summed E-state index contributed by atoms with van der Waals surface area (Å²) in [4.78, 5) is 0. The Morgan fingerprint density at radius 1 is 1.07 bits per heavy atom. The van der Waals surface area contributed by atoms with Crippen LogP contribution in [0.2, 0.25) is 0 Å². The van der Waals surface area contributed by atoms with Gasteiger partial charge in [0.2, 0.25) is 0 Å². The number of nitrogens with zero attached hydrogens (tertiary/aromatic N) is 2. The van der Waals surface area contributed by atoms with Gasteiger partial charge >= 0.3 is 0 Å². The van der Waals surface area contributed by atoms with E-state index in [1.807, 2.05) is 6.92 Å². The Hall–Kier alpha value is -0.830.